The van der Waals surface area contributed by atoms with Crippen LogP contribution in [0.4, 0.5) is 4.79 Å². The zero-order valence-electron chi connectivity index (χ0n) is 31.0. The molecule has 8 rings (SSSR count). The van der Waals surface area contributed by atoms with Crippen molar-refractivity contribution in [2.45, 2.75) is 69.5 Å². The van der Waals surface area contributed by atoms with E-state index in [0.29, 0.717) is 24.4 Å². The number of carboxylic acid groups (broad SMARTS) is 1. The Morgan fingerprint density at radius 1 is 0.673 bits per heavy atom. The Morgan fingerprint density at radius 3 is 1.76 bits per heavy atom. The van der Waals surface area contributed by atoms with Gasteiger partial charge in [0.05, 0.1) is 35.9 Å². The number of imidazole rings is 2. The van der Waals surface area contributed by atoms with Gasteiger partial charge >= 0.3 is 6.09 Å². The number of carbonyl (C=O) groups excluding carboxylic acids is 2. The Balaban J connectivity index is 0.900. The Bertz CT molecular complexity index is 2090. The molecule has 4 N–H and O–H groups in total. The van der Waals surface area contributed by atoms with Gasteiger partial charge in [0.2, 0.25) is 5.91 Å². The Morgan fingerprint density at radius 2 is 1.20 bits per heavy atom. The zero-order chi connectivity index (χ0) is 37.7. The molecule has 3 fully saturated rings. The van der Waals surface area contributed by atoms with Crippen molar-refractivity contribution < 1.29 is 19.5 Å². The van der Waals surface area contributed by atoms with Gasteiger partial charge in [0.15, 0.2) is 0 Å². The molecule has 5 heterocycles. The summed E-state index contributed by atoms with van der Waals surface area (Å²) in [5.74, 6) is 1.48. The molecule has 2 aromatic heterocycles. The summed E-state index contributed by atoms with van der Waals surface area (Å²) < 4.78 is 0. The molecule has 5 aromatic rings. The van der Waals surface area contributed by atoms with Gasteiger partial charge in [-0.2, -0.15) is 0 Å². The van der Waals surface area contributed by atoms with Gasteiger partial charge in [-0.25, -0.2) is 14.8 Å². The standard InChI is InChI=1S/C43H48N8O4/c52-38(21-26-49-22-5-2-6-23-49)50-24-7-11-36(50)40-44-27-34(46-40)31-17-13-29(14-18-31)30-15-19-32(20-16-30)35-28-45-41(47-35)37-12-8-25-51(37)42(53)39(48-43(54)55)33-9-3-1-4-10-33/h1,3-4,9-10,13-20,27-28,36-37,39,48H,2,5-8,11-12,21-26H2,(H,44,46)(H,45,47)(H,54,55)/t36?,37-,39+/m0/s1. The molecular formula is C43H48N8O4. The first-order valence-corrected chi connectivity index (χ1v) is 19.6. The van der Waals surface area contributed by atoms with E-state index >= 15 is 0 Å². The summed E-state index contributed by atoms with van der Waals surface area (Å²) in [4.78, 5) is 61.1. The fourth-order valence-corrected chi connectivity index (χ4v) is 8.46. The van der Waals surface area contributed by atoms with Crippen LogP contribution < -0.4 is 5.32 Å². The molecule has 3 aliphatic rings. The van der Waals surface area contributed by atoms with E-state index in [1.807, 2.05) is 17.2 Å². The Labute approximate surface area is 321 Å². The Hall–Kier alpha value is -5.75. The lowest BCUT2D eigenvalue weighted by Gasteiger charge is -2.28. The molecule has 0 spiro atoms. The molecule has 0 radical (unpaired) electrons. The maximum absolute atomic E-state index is 13.7. The summed E-state index contributed by atoms with van der Waals surface area (Å²) in [6.45, 7) is 4.38. The molecular weight excluding hydrogens is 693 g/mol. The highest BCUT2D eigenvalue weighted by atomic mass is 16.4. The van der Waals surface area contributed by atoms with E-state index in [1.165, 1.54) is 19.3 Å². The molecule has 284 valence electrons. The number of H-pyrrole nitrogens is 2. The molecule has 0 saturated carbocycles. The second-order valence-corrected chi connectivity index (χ2v) is 14.9. The number of nitrogens with one attached hydrogen (secondary N) is 3. The maximum atomic E-state index is 13.7. The molecule has 55 heavy (non-hydrogen) atoms. The number of aromatic amines is 2. The molecule has 0 bridgehead atoms. The third kappa shape index (κ3) is 8.05. The third-order valence-corrected chi connectivity index (χ3v) is 11.4. The monoisotopic (exact) mass is 740 g/mol. The van der Waals surface area contributed by atoms with E-state index in [2.05, 4.69) is 73.7 Å². The van der Waals surface area contributed by atoms with E-state index in [1.54, 1.807) is 35.4 Å². The van der Waals surface area contributed by atoms with Gasteiger partial charge in [0.1, 0.15) is 17.7 Å². The van der Waals surface area contributed by atoms with E-state index in [0.717, 1.165) is 91.3 Å². The minimum Gasteiger partial charge on any atom is -0.465 e. The first kappa shape index (κ1) is 36.2. The van der Waals surface area contributed by atoms with Gasteiger partial charge in [-0.15, -0.1) is 0 Å². The molecule has 0 aliphatic carbocycles. The summed E-state index contributed by atoms with van der Waals surface area (Å²) in [5.41, 5.74) is 6.57. The lowest BCUT2D eigenvalue weighted by molar-refractivity contribution is -0.134. The van der Waals surface area contributed by atoms with Crippen molar-refractivity contribution in [3.63, 3.8) is 0 Å². The molecule has 3 amide bonds. The van der Waals surface area contributed by atoms with E-state index < -0.39 is 12.1 Å². The summed E-state index contributed by atoms with van der Waals surface area (Å²) in [5, 5.41) is 11.9. The number of hydrogen-bond acceptors (Lipinski definition) is 6. The number of carbonyl (C=O) groups is 3. The topological polar surface area (TPSA) is 151 Å². The van der Waals surface area contributed by atoms with Crippen molar-refractivity contribution in [2.75, 3.05) is 32.7 Å². The van der Waals surface area contributed by atoms with E-state index in [9.17, 15) is 19.5 Å². The van der Waals surface area contributed by atoms with Crippen molar-refractivity contribution in [3.8, 4) is 33.6 Å². The lowest BCUT2D eigenvalue weighted by Crippen LogP contribution is -2.42. The molecule has 3 aliphatic heterocycles. The van der Waals surface area contributed by atoms with Gasteiger partial charge in [-0.3, -0.25) is 9.59 Å². The normalized spacial score (nSPS) is 19.4. The maximum Gasteiger partial charge on any atom is 0.405 e. The number of aromatic nitrogens is 4. The predicted molar refractivity (Wildman–Crippen MR) is 210 cm³/mol. The largest absolute Gasteiger partial charge is 0.465 e. The lowest BCUT2D eigenvalue weighted by atomic mass is 10.0. The first-order valence-electron chi connectivity index (χ1n) is 19.6. The van der Waals surface area contributed by atoms with Crippen LogP contribution in [0.1, 0.15) is 86.7 Å². The van der Waals surface area contributed by atoms with Crippen molar-refractivity contribution in [1.29, 1.82) is 0 Å². The molecule has 3 aromatic carbocycles. The van der Waals surface area contributed by atoms with Crippen molar-refractivity contribution in [2.24, 2.45) is 0 Å². The smallest absolute Gasteiger partial charge is 0.405 e. The SMILES string of the molecule is O=C(O)N[C@@H](C(=O)N1CCC[C@H]1c1ncc(-c2ccc(-c3ccc(-c4cnc(C5CCCN5C(=O)CCN5CCCCC5)[nH]4)cc3)cc2)[nH]1)c1ccccc1. The van der Waals surface area contributed by atoms with E-state index in [4.69, 9.17) is 4.98 Å². The second kappa shape index (κ2) is 16.3. The minimum atomic E-state index is -1.25. The minimum absolute atomic E-state index is 0.000879. The predicted octanol–water partition coefficient (Wildman–Crippen LogP) is 7.35. The average Bonchev–Trinajstić information content (AvgIpc) is 4.07. The highest BCUT2D eigenvalue weighted by Gasteiger charge is 2.37. The molecule has 3 atom stereocenters. The van der Waals surface area contributed by atoms with Gasteiger partial charge < -0.3 is 35.1 Å². The molecule has 1 unspecified atom stereocenters. The molecule has 3 saturated heterocycles. The van der Waals surface area contributed by atoms with Gasteiger partial charge in [0, 0.05) is 26.1 Å². The summed E-state index contributed by atoms with van der Waals surface area (Å²) >= 11 is 0. The number of hydrogen-bond donors (Lipinski definition) is 4. The number of likely N-dealkylation sites (tertiary alicyclic amines) is 3. The van der Waals surface area contributed by atoms with Crippen LogP contribution in [-0.2, 0) is 9.59 Å². The number of benzene rings is 3. The van der Waals surface area contributed by atoms with Crippen molar-refractivity contribution in [3.05, 3.63) is 108 Å². The first-order chi connectivity index (χ1) is 26.9. The summed E-state index contributed by atoms with van der Waals surface area (Å²) in [6, 6.07) is 24.4. The highest BCUT2D eigenvalue weighted by Crippen LogP contribution is 2.35. The van der Waals surface area contributed by atoms with Crippen LogP contribution in [0, 0.1) is 0 Å². The van der Waals surface area contributed by atoms with Crippen LogP contribution in [-0.4, -0.2) is 90.4 Å². The third-order valence-electron chi connectivity index (χ3n) is 11.4. The Kier molecular flexibility index (Phi) is 10.8. The summed E-state index contributed by atoms with van der Waals surface area (Å²) in [6.07, 6.45) is 10.2. The zero-order valence-corrected chi connectivity index (χ0v) is 31.0. The molecule has 12 heteroatoms. The van der Waals surface area contributed by atoms with Crippen LogP contribution in [0.2, 0.25) is 0 Å². The van der Waals surface area contributed by atoms with Crippen LogP contribution in [0.3, 0.4) is 0 Å². The van der Waals surface area contributed by atoms with Crippen LogP contribution in [0.25, 0.3) is 33.6 Å². The van der Waals surface area contributed by atoms with E-state index in [-0.39, 0.29) is 23.9 Å². The number of nitrogens with zero attached hydrogens (tertiary/aromatic N) is 5. The summed E-state index contributed by atoms with van der Waals surface area (Å²) in [7, 11) is 0. The van der Waals surface area contributed by atoms with Crippen molar-refractivity contribution in [1.82, 2.24) is 40.0 Å². The van der Waals surface area contributed by atoms with Gasteiger partial charge in [-0.1, -0.05) is 85.3 Å². The van der Waals surface area contributed by atoms with Crippen LogP contribution >= 0.6 is 0 Å². The average molecular weight is 741 g/mol. The van der Waals surface area contributed by atoms with Crippen molar-refractivity contribution >= 4 is 17.9 Å². The van der Waals surface area contributed by atoms with Crippen LogP contribution in [0.5, 0.6) is 0 Å². The molecule has 12 nitrogen and oxygen atoms in total. The highest BCUT2D eigenvalue weighted by molar-refractivity contribution is 5.87. The number of amides is 3. The van der Waals surface area contributed by atoms with Gasteiger partial charge in [-0.05, 0) is 79.4 Å². The quantitative estimate of drug-likeness (QED) is 0.111. The number of rotatable bonds is 11. The second-order valence-electron chi connectivity index (χ2n) is 14.9. The number of piperidine rings is 1. The van der Waals surface area contributed by atoms with Crippen LogP contribution in [0.15, 0.2) is 91.3 Å². The fourth-order valence-electron chi connectivity index (χ4n) is 8.46. The fraction of sp³-hybridized carbons (Fsp3) is 0.372. The van der Waals surface area contributed by atoms with Gasteiger partial charge in [0.25, 0.3) is 5.91 Å².